The third-order valence-electron chi connectivity index (χ3n) is 4.05. The Morgan fingerprint density at radius 3 is 2.50 bits per heavy atom. The van der Waals surface area contributed by atoms with E-state index < -0.39 is 17.5 Å². The minimum atomic E-state index is -1.09. The molecule has 2 aliphatic rings. The van der Waals surface area contributed by atoms with Gasteiger partial charge in [0.05, 0.1) is 6.61 Å². The van der Waals surface area contributed by atoms with Gasteiger partial charge in [-0.05, 0) is 31.6 Å². The lowest BCUT2D eigenvalue weighted by atomic mass is 9.82. The molecule has 20 heavy (non-hydrogen) atoms. The fraction of sp³-hybridized carbons (Fsp3) is 0.857. The van der Waals surface area contributed by atoms with E-state index in [1.165, 1.54) is 12.8 Å². The van der Waals surface area contributed by atoms with Crippen LogP contribution < -0.4 is 10.6 Å². The Morgan fingerprint density at radius 1 is 1.20 bits per heavy atom. The van der Waals surface area contributed by atoms with Crippen LogP contribution in [0.5, 0.6) is 0 Å². The van der Waals surface area contributed by atoms with E-state index in [4.69, 9.17) is 4.74 Å². The van der Waals surface area contributed by atoms with Crippen LogP contribution in [0.2, 0.25) is 0 Å². The van der Waals surface area contributed by atoms with Crippen molar-refractivity contribution in [3.8, 4) is 0 Å². The first kappa shape index (κ1) is 15.1. The van der Waals surface area contributed by atoms with Gasteiger partial charge in [-0.25, -0.2) is 9.59 Å². The van der Waals surface area contributed by atoms with Gasteiger partial charge in [0, 0.05) is 13.2 Å². The molecule has 2 rings (SSSR count). The summed E-state index contributed by atoms with van der Waals surface area (Å²) in [6.45, 7) is 1.65. The number of aliphatic carboxylic acids is 1. The molecule has 0 aromatic heterocycles. The molecule has 0 aromatic carbocycles. The molecule has 2 amide bonds. The summed E-state index contributed by atoms with van der Waals surface area (Å²) in [4.78, 5) is 23.2. The molecule has 0 unspecified atom stereocenters. The highest BCUT2D eigenvalue weighted by molar-refractivity contribution is 5.86. The average molecular weight is 284 g/mol. The summed E-state index contributed by atoms with van der Waals surface area (Å²) >= 11 is 0. The fourth-order valence-electron chi connectivity index (χ4n) is 2.58. The Morgan fingerprint density at radius 2 is 1.90 bits per heavy atom. The van der Waals surface area contributed by atoms with Crippen LogP contribution in [0.1, 0.15) is 44.9 Å². The van der Waals surface area contributed by atoms with Gasteiger partial charge in [0.25, 0.3) is 0 Å². The molecule has 0 radical (unpaired) electrons. The second-order valence-corrected chi connectivity index (χ2v) is 5.85. The van der Waals surface area contributed by atoms with E-state index >= 15 is 0 Å². The van der Waals surface area contributed by atoms with E-state index in [9.17, 15) is 14.7 Å². The minimum absolute atomic E-state index is 0.411. The van der Waals surface area contributed by atoms with Gasteiger partial charge in [0.2, 0.25) is 0 Å². The largest absolute Gasteiger partial charge is 0.480 e. The number of hydrogen-bond acceptors (Lipinski definition) is 3. The van der Waals surface area contributed by atoms with Crippen LogP contribution in [-0.2, 0) is 9.53 Å². The van der Waals surface area contributed by atoms with Gasteiger partial charge >= 0.3 is 12.0 Å². The molecular weight excluding hydrogens is 260 g/mol. The second kappa shape index (κ2) is 6.92. The number of carboxylic acid groups (broad SMARTS) is 1. The molecule has 2 fully saturated rings. The maximum atomic E-state index is 11.8. The molecule has 0 heterocycles. The number of carbonyl (C=O) groups excluding carboxylic acids is 1. The summed E-state index contributed by atoms with van der Waals surface area (Å²) < 4.78 is 5.41. The van der Waals surface area contributed by atoms with Crippen molar-refractivity contribution in [3.05, 3.63) is 0 Å². The Labute approximate surface area is 119 Å². The topological polar surface area (TPSA) is 87.7 Å². The predicted octanol–water partition coefficient (Wildman–Crippen LogP) is 1.50. The maximum Gasteiger partial charge on any atom is 0.329 e. The minimum Gasteiger partial charge on any atom is -0.480 e. The van der Waals surface area contributed by atoms with E-state index in [-0.39, 0.29) is 0 Å². The van der Waals surface area contributed by atoms with Crippen LogP contribution in [-0.4, -0.2) is 42.4 Å². The second-order valence-electron chi connectivity index (χ2n) is 5.85. The third-order valence-corrected chi connectivity index (χ3v) is 4.05. The van der Waals surface area contributed by atoms with Gasteiger partial charge in [-0.1, -0.05) is 19.3 Å². The van der Waals surface area contributed by atoms with Gasteiger partial charge in [-0.3, -0.25) is 0 Å². The van der Waals surface area contributed by atoms with Crippen molar-refractivity contribution in [1.29, 1.82) is 0 Å². The van der Waals surface area contributed by atoms with Crippen molar-refractivity contribution in [2.24, 2.45) is 5.92 Å². The number of carboxylic acids is 1. The summed E-state index contributed by atoms with van der Waals surface area (Å²) in [5.74, 6) is -0.223. The van der Waals surface area contributed by atoms with Crippen LogP contribution in [0.25, 0.3) is 0 Å². The highest BCUT2D eigenvalue weighted by atomic mass is 16.5. The Hall–Kier alpha value is -1.30. The molecule has 2 saturated carbocycles. The average Bonchev–Trinajstić information content (AvgIpc) is 3.23. The molecule has 0 atom stereocenters. The zero-order chi connectivity index (χ0) is 14.4. The number of urea groups is 1. The molecule has 3 N–H and O–H groups in total. The highest BCUT2D eigenvalue weighted by Gasteiger charge is 2.40. The predicted molar refractivity (Wildman–Crippen MR) is 73.5 cm³/mol. The lowest BCUT2D eigenvalue weighted by molar-refractivity contribution is -0.145. The van der Waals surface area contributed by atoms with Crippen LogP contribution in [0.4, 0.5) is 4.79 Å². The number of amides is 2. The number of hydrogen-bond donors (Lipinski definition) is 3. The molecule has 2 aliphatic carbocycles. The number of nitrogens with one attached hydrogen (secondary N) is 2. The van der Waals surface area contributed by atoms with Crippen molar-refractivity contribution in [2.75, 3.05) is 19.8 Å². The van der Waals surface area contributed by atoms with Crippen molar-refractivity contribution < 1.29 is 19.4 Å². The monoisotopic (exact) mass is 284 g/mol. The van der Waals surface area contributed by atoms with Crippen LogP contribution in [0.15, 0.2) is 0 Å². The van der Waals surface area contributed by atoms with Gasteiger partial charge in [-0.2, -0.15) is 0 Å². The summed E-state index contributed by atoms with van der Waals surface area (Å²) in [5, 5.41) is 14.7. The smallest absolute Gasteiger partial charge is 0.329 e. The molecule has 0 spiro atoms. The van der Waals surface area contributed by atoms with E-state index in [0.717, 1.165) is 25.9 Å². The van der Waals surface area contributed by atoms with Crippen LogP contribution in [0, 0.1) is 5.92 Å². The van der Waals surface area contributed by atoms with E-state index in [2.05, 4.69) is 10.6 Å². The highest BCUT2D eigenvalue weighted by Crippen LogP contribution is 2.29. The first-order valence-corrected chi connectivity index (χ1v) is 7.49. The summed E-state index contributed by atoms with van der Waals surface area (Å²) in [7, 11) is 0. The lowest BCUT2D eigenvalue weighted by Crippen LogP contribution is -2.58. The molecule has 6 nitrogen and oxygen atoms in total. The molecule has 0 saturated heterocycles. The summed E-state index contributed by atoms with van der Waals surface area (Å²) in [5.41, 5.74) is -1.09. The normalized spacial score (nSPS) is 21.2. The van der Waals surface area contributed by atoms with E-state index in [1.54, 1.807) is 0 Å². The van der Waals surface area contributed by atoms with Crippen molar-refractivity contribution >= 4 is 12.0 Å². The fourth-order valence-corrected chi connectivity index (χ4v) is 2.58. The van der Waals surface area contributed by atoms with E-state index in [0.29, 0.717) is 31.9 Å². The molecular formula is C14H24N2O4. The SMILES string of the molecule is O=C(NCCOCC1CC1)NC1(C(=O)O)CCCCC1. The number of carbonyl (C=O) groups is 2. The maximum absolute atomic E-state index is 11.8. The van der Waals surface area contributed by atoms with Gasteiger partial charge in [-0.15, -0.1) is 0 Å². The van der Waals surface area contributed by atoms with Crippen LogP contribution >= 0.6 is 0 Å². The van der Waals surface area contributed by atoms with Gasteiger partial charge < -0.3 is 20.5 Å². The molecule has 114 valence electrons. The standard InChI is InChI=1S/C14H24N2O4/c17-12(18)14(6-2-1-3-7-14)16-13(19)15-8-9-20-10-11-4-5-11/h11H,1-10H2,(H,17,18)(H2,15,16,19). The summed E-state index contributed by atoms with van der Waals surface area (Å²) in [6.07, 6.45) is 6.23. The molecule has 0 aromatic rings. The van der Waals surface area contributed by atoms with Crippen molar-refractivity contribution in [3.63, 3.8) is 0 Å². The Kier molecular flexibility index (Phi) is 5.23. The molecule has 6 heteroatoms. The third kappa shape index (κ3) is 4.37. The zero-order valence-corrected chi connectivity index (χ0v) is 11.8. The number of ether oxygens (including phenoxy) is 1. The quantitative estimate of drug-likeness (QED) is 0.618. The summed E-state index contributed by atoms with van der Waals surface area (Å²) in [6, 6.07) is -0.413. The zero-order valence-electron chi connectivity index (χ0n) is 11.8. The lowest BCUT2D eigenvalue weighted by Gasteiger charge is -2.33. The number of rotatable bonds is 7. The van der Waals surface area contributed by atoms with Crippen LogP contribution in [0.3, 0.4) is 0 Å². The molecule has 0 aliphatic heterocycles. The first-order chi connectivity index (χ1) is 9.62. The van der Waals surface area contributed by atoms with Gasteiger partial charge in [0.15, 0.2) is 0 Å². The molecule has 0 bridgehead atoms. The van der Waals surface area contributed by atoms with E-state index in [1.807, 2.05) is 0 Å². The Balaban J connectivity index is 1.66. The Bertz CT molecular complexity index is 349. The van der Waals surface area contributed by atoms with Crippen molar-refractivity contribution in [1.82, 2.24) is 10.6 Å². The first-order valence-electron chi connectivity index (χ1n) is 7.49. The van der Waals surface area contributed by atoms with Crippen molar-refractivity contribution in [2.45, 2.75) is 50.5 Å². The van der Waals surface area contributed by atoms with Gasteiger partial charge in [0.1, 0.15) is 5.54 Å².